The lowest BCUT2D eigenvalue weighted by Gasteiger charge is -2.16. The Bertz CT molecular complexity index is 623. The molecule has 1 atom stereocenters. The van der Waals surface area contributed by atoms with E-state index in [1.54, 1.807) is 0 Å². The van der Waals surface area contributed by atoms with Gasteiger partial charge in [-0.3, -0.25) is 0 Å². The van der Waals surface area contributed by atoms with Crippen molar-refractivity contribution in [1.29, 1.82) is 0 Å². The summed E-state index contributed by atoms with van der Waals surface area (Å²) in [6.45, 7) is 0. The van der Waals surface area contributed by atoms with E-state index in [1.165, 1.54) is 21.2 Å². The maximum absolute atomic E-state index is 3.56. The Morgan fingerprint density at radius 3 is 2.47 bits per heavy atom. The van der Waals surface area contributed by atoms with Gasteiger partial charge in [0.2, 0.25) is 0 Å². The Morgan fingerprint density at radius 1 is 0.895 bits per heavy atom. The fourth-order valence-electron chi connectivity index (χ4n) is 2.45. The van der Waals surface area contributed by atoms with Crippen molar-refractivity contribution in [1.82, 2.24) is 0 Å². The minimum absolute atomic E-state index is 0.475. The lowest BCUT2D eigenvalue weighted by molar-refractivity contribution is 0.852. The van der Waals surface area contributed by atoms with Gasteiger partial charge < -0.3 is 0 Å². The molecule has 0 aliphatic heterocycles. The lowest BCUT2D eigenvalue weighted by Crippen LogP contribution is -1.97. The molecule has 0 bridgehead atoms. The van der Waals surface area contributed by atoms with Gasteiger partial charge in [-0.15, -0.1) is 0 Å². The standard InChI is InChI=1S/C18H15Br/c19-18-11-5-10-17(13-18)16-9-4-8-15(12-16)14-6-2-1-3-7-14/h1-9,11-13,17H,10H2. The summed E-state index contributed by atoms with van der Waals surface area (Å²) < 4.78 is 1.17. The third-order valence-corrected chi connectivity index (χ3v) is 3.98. The molecular weight excluding hydrogens is 296 g/mol. The number of halogens is 1. The molecule has 0 saturated heterocycles. The molecule has 0 radical (unpaired) electrons. The molecule has 94 valence electrons. The molecule has 0 heterocycles. The first-order valence-corrected chi connectivity index (χ1v) is 7.31. The second-order valence-electron chi connectivity index (χ2n) is 4.79. The monoisotopic (exact) mass is 310 g/mol. The van der Waals surface area contributed by atoms with E-state index in [9.17, 15) is 0 Å². The Morgan fingerprint density at radius 2 is 1.68 bits per heavy atom. The molecule has 1 heteroatoms. The first-order valence-electron chi connectivity index (χ1n) is 6.52. The van der Waals surface area contributed by atoms with Crippen LogP contribution in [0, 0.1) is 0 Å². The summed E-state index contributed by atoms with van der Waals surface area (Å²) in [5, 5.41) is 0. The van der Waals surface area contributed by atoms with Crippen molar-refractivity contribution in [2.75, 3.05) is 0 Å². The number of hydrogen-bond acceptors (Lipinski definition) is 0. The summed E-state index contributed by atoms with van der Waals surface area (Å²) in [5.41, 5.74) is 3.94. The van der Waals surface area contributed by atoms with Crippen LogP contribution >= 0.6 is 15.9 Å². The minimum atomic E-state index is 0.475. The highest BCUT2D eigenvalue weighted by molar-refractivity contribution is 9.11. The Labute approximate surface area is 122 Å². The predicted molar refractivity (Wildman–Crippen MR) is 85.4 cm³/mol. The second-order valence-corrected chi connectivity index (χ2v) is 5.70. The normalized spacial score (nSPS) is 18.2. The zero-order chi connectivity index (χ0) is 13.1. The van der Waals surface area contributed by atoms with E-state index >= 15 is 0 Å². The molecule has 0 fully saturated rings. The Kier molecular flexibility index (Phi) is 3.65. The molecule has 0 amide bonds. The van der Waals surface area contributed by atoms with Gasteiger partial charge in [-0.2, -0.15) is 0 Å². The van der Waals surface area contributed by atoms with Crippen LogP contribution in [0.3, 0.4) is 0 Å². The second kappa shape index (κ2) is 5.58. The molecule has 1 aliphatic rings. The van der Waals surface area contributed by atoms with E-state index in [0.717, 1.165) is 6.42 Å². The van der Waals surface area contributed by atoms with Crippen molar-refractivity contribution < 1.29 is 0 Å². The van der Waals surface area contributed by atoms with Gasteiger partial charge in [-0.1, -0.05) is 88.8 Å². The van der Waals surface area contributed by atoms with Crippen LogP contribution in [-0.2, 0) is 0 Å². The van der Waals surface area contributed by atoms with Crippen molar-refractivity contribution in [3.63, 3.8) is 0 Å². The summed E-state index contributed by atoms with van der Waals surface area (Å²) in [4.78, 5) is 0. The quantitative estimate of drug-likeness (QED) is 0.669. The van der Waals surface area contributed by atoms with Crippen LogP contribution in [0.5, 0.6) is 0 Å². The number of rotatable bonds is 2. The molecule has 0 aromatic heterocycles. The Balaban J connectivity index is 1.95. The van der Waals surface area contributed by atoms with E-state index in [2.05, 4.69) is 88.8 Å². The molecule has 2 aromatic rings. The predicted octanol–water partition coefficient (Wildman–Crippen LogP) is 5.68. The van der Waals surface area contributed by atoms with E-state index in [-0.39, 0.29) is 0 Å². The van der Waals surface area contributed by atoms with Crippen LogP contribution in [0.1, 0.15) is 17.9 Å². The zero-order valence-corrected chi connectivity index (χ0v) is 12.2. The van der Waals surface area contributed by atoms with Gasteiger partial charge >= 0.3 is 0 Å². The highest BCUT2D eigenvalue weighted by Gasteiger charge is 2.11. The van der Waals surface area contributed by atoms with Gasteiger partial charge in [0.1, 0.15) is 0 Å². The zero-order valence-electron chi connectivity index (χ0n) is 10.6. The molecule has 2 aromatic carbocycles. The average Bonchev–Trinajstić information content (AvgIpc) is 2.48. The highest BCUT2D eigenvalue weighted by Crippen LogP contribution is 2.31. The molecule has 0 N–H and O–H groups in total. The molecule has 1 unspecified atom stereocenters. The third-order valence-electron chi connectivity index (χ3n) is 3.45. The van der Waals surface area contributed by atoms with Crippen molar-refractivity contribution in [3.05, 3.63) is 82.9 Å². The summed E-state index contributed by atoms with van der Waals surface area (Å²) in [7, 11) is 0. The molecule has 1 aliphatic carbocycles. The molecule has 3 rings (SSSR count). The van der Waals surface area contributed by atoms with Crippen LogP contribution < -0.4 is 0 Å². The van der Waals surface area contributed by atoms with Gasteiger partial charge in [0.25, 0.3) is 0 Å². The smallest absolute Gasteiger partial charge is 0.0138 e. The third kappa shape index (κ3) is 2.87. The first kappa shape index (κ1) is 12.4. The fraction of sp³-hybridized carbons (Fsp3) is 0.111. The van der Waals surface area contributed by atoms with Crippen LogP contribution in [0.2, 0.25) is 0 Å². The maximum Gasteiger partial charge on any atom is 0.0138 e. The maximum atomic E-state index is 3.56. The molecular formula is C18H15Br. The molecule has 0 saturated carbocycles. The van der Waals surface area contributed by atoms with E-state index < -0.39 is 0 Å². The van der Waals surface area contributed by atoms with Crippen molar-refractivity contribution in [2.24, 2.45) is 0 Å². The average molecular weight is 311 g/mol. The number of allylic oxidation sites excluding steroid dienone is 4. The largest absolute Gasteiger partial charge is 0.0825 e. The molecule has 19 heavy (non-hydrogen) atoms. The SMILES string of the molecule is BrC1=CC(c2cccc(-c3ccccc3)c2)CC=C1. The topological polar surface area (TPSA) is 0 Å². The first-order chi connectivity index (χ1) is 9.33. The van der Waals surface area contributed by atoms with Crippen molar-refractivity contribution in [3.8, 4) is 11.1 Å². The van der Waals surface area contributed by atoms with Crippen LogP contribution in [0.15, 0.2) is 77.3 Å². The number of hydrogen-bond donors (Lipinski definition) is 0. The lowest BCUT2D eigenvalue weighted by atomic mass is 9.90. The number of benzene rings is 2. The van der Waals surface area contributed by atoms with Crippen LogP contribution in [0.25, 0.3) is 11.1 Å². The van der Waals surface area contributed by atoms with Gasteiger partial charge in [0, 0.05) is 10.4 Å². The van der Waals surface area contributed by atoms with Crippen LogP contribution in [0.4, 0.5) is 0 Å². The molecule has 0 nitrogen and oxygen atoms in total. The van der Waals surface area contributed by atoms with Crippen molar-refractivity contribution in [2.45, 2.75) is 12.3 Å². The van der Waals surface area contributed by atoms with E-state index in [4.69, 9.17) is 0 Å². The highest BCUT2D eigenvalue weighted by atomic mass is 79.9. The van der Waals surface area contributed by atoms with E-state index in [0.29, 0.717) is 5.92 Å². The van der Waals surface area contributed by atoms with Crippen molar-refractivity contribution >= 4 is 15.9 Å². The summed E-state index contributed by atoms with van der Waals surface area (Å²) in [5.74, 6) is 0.475. The Hall–Kier alpha value is -1.60. The minimum Gasteiger partial charge on any atom is -0.0825 e. The van der Waals surface area contributed by atoms with Gasteiger partial charge in [-0.25, -0.2) is 0 Å². The summed E-state index contributed by atoms with van der Waals surface area (Å²) in [6.07, 6.45) is 7.71. The van der Waals surface area contributed by atoms with Crippen LogP contribution in [-0.4, -0.2) is 0 Å². The summed E-state index contributed by atoms with van der Waals surface area (Å²) in [6, 6.07) is 19.4. The van der Waals surface area contributed by atoms with E-state index in [1.807, 2.05) is 0 Å². The fourth-order valence-corrected chi connectivity index (χ4v) is 2.96. The van der Waals surface area contributed by atoms with Gasteiger partial charge in [0.15, 0.2) is 0 Å². The summed E-state index contributed by atoms with van der Waals surface area (Å²) >= 11 is 3.56. The van der Waals surface area contributed by atoms with Gasteiger partial charge in [-0.05, 0) is 23.1 Å². The van der Waals surface area contributed by atoms with Gasteiger partial charge in [0.05, 0.1) is 0 Å². The molecule has 0 spiro atoms.